The number of alkyl carbamates (subject to hydrolysis) is 1. The lowest BCUT2D eigenvalue weighted by Crippen LogP contribution is -2.48. The van der Waals surface area contributed by atoms with E-state index in [0.717, 1.165) is 22.3 Å². The summed E-state index contributed by atoms with van der Waals surface area (Å²) >= 11 is 0. The predicted octanol–water partition coefficient (Wildman–Crippen LogP) is 3.42. The summed E-state index contributed by atoms with van der Waals surface area (Å²) in [6, 6.07) is 16.0. The summed E-state index contributed by atoms with van der Waals surface area (Å²) in [7, 11) is 0. The number of rotatable bonds is 9. The Bertz CT molecular complexity index is 1060. The predicted molar refractivity (Wildman–Crippen MR) is 130 cm³/mol. The highest BCUT2D eigenvalue weighted by atomic mass is 16.5. The van der Waals surface area contributed by atoms with E-state index in [2.05, 4.69) is 36.2 Å². The van der Waals surface area contributed by atoms with E-state index in [1.54, 1.807) is 0 Å². The average molecular weight is 479 g/mol. The highest BCUT2D eigenvalue weighted by Gasteiger charge is 2.33. The summed E-state index contributed by atoms with van der Waals surface area (Å²) < 4.78 is 11.2. The molecule has 35 heavy (non-hydrogen) atoms. The number of carboxylic acid groups (broad SMARTS) is 1. The number of carbonyl (C=O) groups is 3. The average Bonchev–Trinajstić information content (AvgIpc) is 3.17. The van der Waals surface area contributed by atoms with Crippen LogP contribution in [0.15, 0.2) is 61.2 Å². The Kier molecular flexibility index (Phi) is 7.82. The fourth-order valence-electron chi connectivity index (χ4n) is 4.91. The third-order valence-corrected chi connectivity index (χ3v) is 6.59. The van der Waals surface area contributed by atoms with Crippen molar-refractivity contribution >= 4 is 18.0 Å². The van der Waals surface area contributed by atoms with E-state index in [0.29, 0.717) is 19.6 Å². The molecule has 0 aromatic heterocycles. The molecule has 1 saturated heterocycles. The molecule has 2 N–H and O–H groups in total. The zero-order valence-corrected chi connectivity index (χ0v) is 19.5. The largest absolute Gasteiger partial charge is 0.480 e. The Morgan fingerprint density at radius 3 is 2.40 bits per heavy atom. The first-order valence-electron chi connectivity index (χ1n) is 11.8. The molecule has 0 saturated carbocycles. The van der Waals surface area contributed by atoms with Gasteiger partial charge in [0.15, 0.2) is 0 Å². The molecule has 2 amide bonds. The Morgan fingerprint density at radius 2 is 1.77 bits per heavy atom. The van der Waals surface area contributed by atoms with E-state index < -0.39 is 18.6 Å². The van der Waals surface area contributed by atoms with Crippen LogP contribution in [0.4, 0.5) is 4.79 Å². The van der Waals surface area contributed by atoms with Gasteiger partial charge in [0.1, 0.15) is 13.2 Å². The first-order chi connectivity index (χ1) is 17.0. The van der Waals surface area contributed by atoms with E-state index >= 15 is 0 Å². The minimum atomic E-state index is -1.09. The molecule has 0 spiro atoms. The maximum atomic E-state index is 12.7. The summed E-state index contributed by atoms with van der Waals surface area (Å²) in [4.78, 5) is 37.8. The van der Waals surface area contributed by atoms with Gasteiger partial charge in [0.25, 0.3) is 0 Å². The van der Waals surface area contributed by atoms with Crippen molar-refractivity contribution in [3.63, 3.8) is 0 Å². The zero-order valence-electron chi connectivity index (χ0n) is 19.5. The first-order valence-corrected chi connectivity index (χ1v) is 11.8. The van der Waals surface area contributed by atoms with Crippen LogP contribution in [-0.2, 0) is 19.1 Å². The van der Waals surface area contributed by atoms with Crippen molar-refractivity contribution in [2.45, 2.75) is 24.8 Å². The van der Waals surface area contributed by atoms with Gasteiger partial charge in [-0.3, -0.25) is 9.59 Å². The van der Waals surface area contributed by atoms with Gasteiger partial charge in [-0.1, -0.05) is 54.6 Å². The molecule has 8 heteroatoms. The van der Waals surface area contributed by atoms with E-state index in [1.807, 2.05) is 24.3 Å². The molecule has 2 atom stereocenters. The Balaban J connectivity index is 1.37. The van der Waals surface area contributed by atoms with Crippen LogP contribution >= 0.6 is 0 Å². The Morgan fingerprint density at radius 1 is 1.11 bits per heavy atom. The molecule has 2 aliphatic rings. The molecule has 2 aromatic carbocycles. The van der Waals surface area contributed by atoms with Crippen molar-refractivity contribution in [3.05, 3.63) is 72.3 Å². The number of carboxylic acids is 1. The van der Waals surface area contributed by atoms with Gasteiger partial charge in [-0.2, -0.15) is 0 Å². The number of fused-ring (bicyclic) bond motifs is 3. The third kappa shape index (κ3) is 5.71. The summed E-state index contributed by atoms with van der Waals surface area (Å²) in [5.74, 6) is -1.72. The second-order valence-electron chi connectivity index (χ2n) is 8.86. The highest BCUT2D eigenvalue weighted by Crippen LogP contribution is 2.44. The molecule has 8 nitrogen and oxygen atoms in total. The van der Waals surface area contributed by atoms with Crippen molar-refractivity contribution in [2.24, 2.45) is 5.92 Å². The van der Waals surface area contributed by atoms with Gasteiger partial charge in [0.05, 0.1) is 6.61 Å². The van der Waals surface area contributed by atoms with Gasteiger partial charge in [-0.15, -0.1) is 6.58 Å². The number of ether oxygens (including phenoxy) is 2. The molecule has 0 bridgehead atoms. The van der Waals surface area contributed by atoms with E-state index in [-0.39, 0.29) is 43.4 Å². The van der Waals surface area contributed by atoms with Gasteiger partial charge in [-0.25, -0.2) is 4.79 Å². The molecule has 1 heterocycles. The maximum absolute atomic E-state index is 12.7. The topological polar surface area (TPSA) is 105 Å². The number of benzene rings is 2. The SMILES string of the molecule is C=CCN(CC(=O)O)C(=O)CC1COCCC1NC(=O)OCC1c2ccccc2-c2ccccc21. The Labute approximate surface area is 204 Å². The van der Waals surface area contributed by atoms with Gasteiger partial charge in [0, 0.05) is 37.5 Å². The Hall–Kier alpha value is -3.65. The number of aliphatic carboxylic acids is 1. The summed E-state index contributed by atoms with van der Waals surface area (Å²) in [6.45, 7) is 4.30. The van der Waals surface area contributed by atoms with E-state index in [9.17, 15) is 14.4 Å². The molecule has 2 aromatic rings. The molecule has 0 radical (unpaired) electrons. The molecular weight excluding hydrogens is 448 g/mol. The van der Waals surface area contributed by atoms with Crippen LogP contribution in [0.5, 0.6) is 0 Å². The maximum Gasteiger partial charge on any atom is 0.407 e. The number of hydrogen-bond donors (Lipinski definition) is 2. The fraction of sp³-hybridized carbons (Fsp3) is 0.370. The number of hydrogen-bond acceptors (Lipinski definition) is 5. The number of nitrogens with one attached hydrogen (secondary N) is 1. The molecule has 1 aliphatic carbocycles. The molecule has 1 aliphatic heterocycles. The van der Waals surface area contributed by atoms with Crippen LogP contribution in [0.1, 0.15) is 29.9 Å². The zero-order chi connectivity index (χ0) is 24.8. The normalized spacial score (nSPS) is 18.7. The summed E-state index contributed by atoms with van der Waals surface area (Å²) in [6.07, 6.45) is 1.56. The minimum Gasteiger partial charge on any atom is -0.480 e. The molecule has 1 fully saturated rings. The van der Waals surface area contributed by atoms with E-state index in [1.165, 1.54) is 11.0 Å². The van der Waals surface area contributed by atoms with Crippen LogP contribution in [0.25, 0.3) is 11.1 Å². The van der Waals surface area contributed by atoms with Crippen molar-refractivity contribution in [3.8, 4) is 11.1 Å². The summed E-state index contributed by atoms with van der Waals surface area (Å²) in [5.41, 5.74) is 4.59. The van der Waals surface area contributed by atoms with Gasteiger partial charge in [0.2, 0.25) is 5.91 Å². The van der Waals surface area contributed by atoms with Crippen LogP contribution in [0, 0.1) is 5.92 Å². The van der Waals surface area contributed by atoms with Crippen LogP contribution < -0.4 is 5.32 Å². The number of amides is 2. The standard InChI is InChI=1S/C27H30N2O6/c1-2-12-29(15-26(31)32)25(30)14-18-16-34-13-11-24(18)28-27(33)35-17-23-21-9-5-3-7-19(21)20-8-4-6-10-22(20)23/h2-10,18,23-24H,1,11-17H2,(H,28,33)(H,31,32). The number of nitrogens with zero attached hydrogens (tertiary/aromatic N) is 1. The molecule has 2 unspecified atom stereocenters. The third-order valence-electron chi connectivity index (χ3n) is 6.59. The molecule has 184 valence electrons. The minimum absolute atomic E-state index is 0.0382. The van der Waals surface area contributed by atoms with Crippen LogP contribution in [0.3, 0.4) is 0 Å². The lowest BCUT2D eigenvalue weighted by molar-refractivity contribution is -0.145. The lowest BCUT2D eigenvalue weighted by atomic mass is 9.92. The second kappa shape index (κ2) is 11.2. The first kappa shape index (κ1) is 24.5. The van der Waals surface area contributed by atoms with Crippen LogP contribution in [-0.4, -0.2) is 66.9 Å². The van der Waals surface area contributed by atoms with Crippen LogP contribution in [0.2, 0.25) is 0 Å². The van der Waals surface area contributed by atoms with Crippen molar-refractivity contribution in [1.82, 2.24) is 10.2 Å². The van der Waals surface area contributed by atoms with E-state index in [4.69, 9.17) is 14.6 Å². The monoisotopic (exact) mass is 478 g/mol. The smallest absolute Gasteiger partial charge is 0.407 e. The van der Waals surface area contributed by atoms with Gasteiger partial charge < -0.3 is 24.8 Å². The lowest BCUT2D eigenvalue weighted by Gasteiger charge is -2.33. The molecule has 4 rings (SSSR count). The van der Waals surface area contributed by atoms with Gasteiger partial charge >= 0.3 is 12.1 Å². The fourth-order valence-corrected chi connectivity index (χ4v) is 4.91. The second-order valence-corrected chi connectivity index (χ2v) is 8.86. The quantitative estimate of drug-likeness (QED) is 0.535. The van der Waals surface area contributed by atoms with Gasteiger partial charge in [-0.05, 0) is 28.7 Å². The molecular formula is C27H30N2O6. The van der Waals surface area contributed by atoms with Crippen molar-refractivity contribution in [1.29, 1.82) is 0 Å². The number of carbonyl (C=O) groups excluding carboxylic acids is 2. The summed E-state index contributed by atoms with van der Waals surface area (Å²) in [5, 5.41) is 12.0. The van der Waals surface area contributed by atoms with Crippen molar-refractivity contribution < 1.29 is 29.0 Å². The van der Waals surface area contributed by atoms with Crippen molar-refractivity contribution in [2.75, 3.05) is 32.9 Å². The highest BCUT2D eigenvalue weighted by molar-refractivity contribution is 5.82.